The molecule has 5 heteroatoms. The minimum atomic E-state index is 0.287. The molecule has 25 heavy (non-hydrogen) atoms. The first kappa shape index (κ1) is 17.5. The van der Waals surface area contributed by atoms with Gasteiger partial charge in [0.15, 0.2) is 11.5 Å². The van der Waals surface area contributed by atoms with Gasteiger partial charge in [-0.05, 0) is 54.7 Å². The Morgan fingerprint density at radius 1 is 1.04 bits per heavy atom. The maximum atomic E-state index is 9.45. The van der Waals surface area contributed by atoms with E-state index in [0.29, 0.717) is 6.04 Å². The van der Waals surface area contributed by atoms with E-state index in [4.69, 9.17) is 21.7 Å². The van der Waals surface area contributed by atoms with Gasteiger partial charge in [0.25, 0.3) is 0 Å². The first-order valence-corrected chi connectivity index (χ1v) is 8.80. The van der Waals surface area contributed by atoms with E-state index in [-0.39, 0.29) is 5.75 Å². The molecule has 0 spiro atoms. The first-order chi connectivity index (χ1) is 12.1. The van der Waals surface area contributed by atoms with E-state index in [1.807, 2.05) is 24.3 Å². The van der Waals surface area contributed by atoms with Crippen LogP contribution in [0.15, 0.2) is 42.5 Å². The van der Waals surface area contributed by atoms with E-state index >= 15 is 0 Å². The topological polar surface area (TPSA) is 41.9 Å². The van der Waals surface area contributed by atoms with Crippen LogP contribution in [0.3, 0.4) is 0 Å². The van der Waals surface area contributed by atoms with Crippen molar-refractivity contribution in [3.8, 4) is 17.2 Å². The summed E-state index contributed by atoms with van der Waals surface area (Å²) < 4.78 is 10.7. The lowest BCUT2D eigenvalue weighted by Gasteiger charge is -2.27. The third kappa shape index (κ3) is 4.04. The predicted molar refractivity (Wildman–Crippen MR) is 103 cm³/mol. The summed E-state index contributed by atoms with van der Waals surface area (Å²) in [5.74, 6) is 1.79. The molecule has 0 bridgehead atoms. The molecule has 0 unspecified atom stereocenters. The van der Waals surface area contributed by atoms with Crippen LogP contribution in [0.1, 0.15) is 24.0 Å². The maximum Gasteiger partial charge on any atom is 0.160 e. The second-order valence-corrected chi connectivity index (χ2v) is 6.75. The van der Waals surface area contributed by atoms with Gasteiger partial charge in [0.1, 0.15) is 5.75 Å². The molecule has 3 rings (SSSR count). The van der Waals surface area contributed by atoms with E-state index in [1.54, 1.807) is 26.4 Å². The first-order valence-electron chi connectivity index (χ1n) is 8.39. The Morgan fingerprint density at radius 2 is 1.72 bits per heavy atom. The molecule has 2 aromatic rings. The van der Waals surface area contributed by atoms with Crippen molar-refractivity contribution in [1.29, 1.82) is 0 Å². The van der Waals surface area contributed by atoms with E-state index in [1.165, 1.54) is 5.56 Å². The molecule has 1 fully saturated rings. The molecule has 0 aliphatic carbocycles. The molecule has 0 saturated carbocycles. The number of phenolic OH excluding ortho intramolecular Hbond substituents is 1. The molecule has 0 amide bonds. The zero-order valence-corrected chi connectivity index (χ0v) is 15.4. The molecular weight excluding hydrogens is 334 g/mol. The monoisotopic (exact) mass is 357 g/mol. The van der Waals surface area contributed by atoms with Crippen LogP contribution in [-0.4, -0.2) is 35.3 Å². The Labute approximate surface area is 154 Å². The van der Waals surface area contributed by atoms with Gasteiger partial charge in [0.2, 0.25) is 0 Å². The average molecular weight is 357 g/mol. The van der Waals surface area contributed by atoms with Gasteiger partial charge in [-0.2, -0.15) is 0 Å². The van der Waals surface area contributed by atoms with Crippen LogP contribution in [0.4, 0.5) is 0 Å². The number of nitrogens with zero attached hydrogens (tertiary/aromatic N) is 1. The highest BCUT2D eigenvalue weighted by Gasteiger charge is 2.28. The van der Waals surface area contributed by atoms with Crippen LogP contribution in [-0.2, 0) is 13.0 Å². The van der Waals surface area contributed by atoms with Gasteiger partial charge in [-0.1, -0.05) is 30.4 Å². The Bertz CT molecular complexity index is 745. The third-order valence-corrected chi connectivity index (χ3v) is 5.10. The molecule has 1 heterocycles. The van der Waals surface area contributed by atoms with E-state index < -0.39 is 0 Å². The van der Waals surface area contributed by atoms with E-state index in [0.717, 1.165) is 47.9 Å². The van der Waals surface area contributed by atoms with Gasteiger partial charge in [-0.3, -0.25) is 0 Å². The standard InChI is InChI=1S/C20H23NO3S/c1-23-18-9-5-15(12-19(18)24-2)11-16-6-10-20(25)21(16)13-14-3-7-17(22)8-4-14/h3-5,7-9,12,16,22H,6,10-11,13H2,1-2H3/t16-/m0/s1. The van der Waals surface area contributed by atoms with Crippen LogP contribution < -0.4 is 9.47 Å². The molecule has 2 aromatic carbocycles. The number of ether oxygens (including phenoxy) is 2. The zero-order chi connectivity index (χ0) is 17.8. The molecule has 1 N–H and O–H groups in total. The molecular formula is C20H23NO3S. The number of methoxy groups -OCH3 is 2. The Balaban J connectivity index is 1.74. The van der Waals surface area contributed by atoms with Crippen molar-refractivity contribution in [2.24, 2.45) is 0 Å². The molecule has 1 aliphatic rings. The smallest absolute Gasteiger partial charge is 0.160 e. The van der Waals surface area contributed by atoms with E-state index in [2.05, 4.69) is 11.0 Å². The normalized spacial score (nSPS) is 17.0. The number of hydrogen-bond acceptors (Lipinski definition) is 4. The lowest BCUT2D eigenvalue weighted by molar-refractivity contribution is 0.328. The van der Waals surface area contributed by atoms with Gasteiger partial charge >= 0.3 is 0 Å². The summed E-state index contributed by atoms with van der Waals surface area (Å²) in [7, 11) is 3.30. The number of likely N-dealkylation sites (tertiary alicyclic amines) is 1. The molecule has 1 atom stereocenters. The van der Waals surface area contributed by atoms with Crippen LogP contribution >= 0.6 is 12.2 Å². The fourth-order valence-corrected chi connectivity index (χ4v) is 3.63. The molecule has 132 valence electrons. The van der Waals surface area contributed by atoms with Crippen molar-refractivity contribution >= 4 is 17.2 Å². The van der Waals surface area contributed by atoms with Gasteiger partial charge in [0, 0.05) is 12.6 Å². The summed E-state index contributed by atoms with van der Waals surface area (Å²) in [4.78, 5) is 3.32. The second kappa shape index (κ2) is 7.74. The quantitative estimate of drug-likeness (QED) is 0.793. The lowest BCUT2D eigenvalue weighted by atomic mass is 10.0. The molecule has 1 saturated heterocycles. The predicted octanol–water partition coefficient (Wildman–Crippen LogP) is 3.94. The maximum absolute atomic E-state index is 9.45. The van der Waals surface area contributed by atoms with Crippen LogP contribution in [0.2, 0.25) is 0 Å². The third-order valence-electron chi connectivity index (χ3n) is 4.66. The Hall–Kier alpha value is -2.27. The summed E-state index contributed by atoms with van der Waals surface area (Å²) >= 11 is 5.58. The number of phenols is 1. The Kier molecular flexibility index (Phi) is 5.43. The summed E-state index contributed by atoms with van der Waals surface area (Å²) in [6.07, 6.45) is 2.93. The highest BCUT2D eigenvalue weighted by Crippen LogP contribution is 2.31. The van der Waals surface area contributed by atoms with Crippen LogP contribution in [0.25, 0.3) is 0 Å². The fourth-order valence-electron chi connectivity index (χ4n) is 3.30. The zero-order valence-electron chi connectivity index (χ0n) is 14.6. The second-order valence-electron chi connectivity index (χ2n) is 6.27. The molecule has 0 radical (unpaired) electrons. The van der Waals surface area contributed by atoms with Crippen molar-refractivity contribution in [3.63, 3.8) is 0 Å². The van der Waals surface area contributed by atoms with Gasteiger partial charge < -0.3 is 19.5 Å². The van der Waals surface area contributed by atoms with Crippen LogP contribution in [0.5, 0.6) is 17.2 Å². The van der Waals surface area contributed by atoms with Crippen molar-refractivity contribution in [3.05, 3.63) is 53.6 Å². The highest BCUT2D eigenvalue weighted by molar-refractivity contribution is 7.80. The highest BCUT2D eigenvalue weighted by atomic mass is 32.1. The summed E-state index contributed by atoms with van der Waals surface area (Å²) in [5.41, 5.74) is 2.36. The number of hydrogen-bond donors (Lipinski definition) is 1. The van der Waals surface area contributed by atoms with Crippen molar-refractivity contribution in [2.75, 3.05) is 14.2 Å². The van der Waals surface area contributed by atoms with Crippen molar-refractivity contribution in [2.45, 2.75) is 31.8 Å². The SMILES string of the molecule is COc1ccc(C[C@@H]2CCC(=S)N2Cc2ccc(O)cc2)cc1OC. The fraction of sp³-hybridized carbons (Fsp3) is 0.350. The average Bonchev–Trinajstić information content (AvgIpc) is 2.96. The molecule has 4 nitrogen and oxygen atoms in total. The number of benzene rings is 2. The summed E-state index contributed by atoms with van der Waals surface area (Å²) in [6, 6.07) is 13.8. The van der Waals surface area contributed by atoms with Crippen molar-refractivity contribution in [1.82, 2.24) is 4.90 Å². The molecule has 1 aliphatic heterocycles. The lowest BCUT2D eigenvalue weighted by Crippen LogP contribution is -2.33. The number of thiocarbonyl (C=S) groups is 1. The van der Waals surface area contributed by atoms with E-state index in [9.17, 15) is 5.11 Å². The van der Waals surface area contributed by atoms with Crippen LogP contribution in [0, 0.1) is 0 Å². The number of aromatic hydroxyl groups is 1. The summed E-state index contributed by atoms with van der Waals surface area (Å²) in [5, 5.41) is 9.45. The van der Waals surface area contributed by atoms with Gasteiger partial charge in [-0.25, -0.2) is 0 Å². The van der Waals surface area contributed by atoms with Gasteiger partial charge in [0.05, 0.1) is 19.2 Å². The summed E-state index contributed by atoms with van der Waals surface area (Å²) in [6.45, 7) is 0.775. The molecule has 0 aromatic heterocycles. The van der Waals surface area contributed by atoms with Crippen molar-refractivity contribution < 1.29 is 14.6 Å². The minimum Gasteiger partial charge on any atom is -0.508 e. The Morgan fingerprint density at radius 3 is 2.40 bits per heavy atom. The van der Waals surface area contributed by atoms with Gasteiger partial charge in [-0.15, -0.1) is 0 Å². The largest absolute Gasteiger partial charge is 0.508 e. The minimum absolute atomic E-state index is 0.287. The number of rotatable bonds is 6.